The number of Topliss-reactive ketones (excluding diaryl/α,β-unsaturated/α-hetero) is 2. The lowest BCUT2D eigenvalue weighted by Crippen LogP contribution is -2.08. The van der Waals surface area contributed by atoms with Crippen molar-refractivity contribution in [1.82, 2.24) is 0 Å². The van der Waals surface area contributed by atoms with Crippen LogP contribution >= 0.6 is 0 Å². The van der Waals surface area contributed by atoms with Gasteiger partial charge in [-0.25, -0.2) is 0 Å². The first-order chi connectivity index (χ1) is 12.2. The highest BCUT2D eigenvalue weighted by molar-refractivity contribution is 5.98. The van der Waals surface area contributed by atoms with Crippen molar-refractivity contribution in [2.24, 2.45) is 0 Å². The van der Waals surface area contributed by atoms with Crippen LogP contribution in [0.3, 0.4) is 0 Å². The largest absolute Gasteiger partial charge is 0.493 e. The van der Waals surface area contributed by atoms with Crippen molar-refractivity contribution in [3.05, 3.63) is 59.7 Å². The predicted molar refractivity (Wildman–Crippen MR) is 94.5 cm³/mol. The molecule has 25 heavy (non-hydrogen) atoms. The van der Waals surface area contributed by atoms with Crippen molar-refractivity contribution in [1.29, 1.82) is 0 Å². The van der Waals surface area contributed by atoms with Crippen molar-refractivity contribution in [2.45, 2.75) is 19.8 Å². The van der Waals surface area contributed by atoms with Gasteiger partial charge in [-0.3, -0.25) is 9.59 Å². The Morgan fingerprint density at radius 2 is 1.60 bits per heavy atom. The topological polar surface area (TPSA) is 72.8 Å². The molecule has 0 bridgehead atoms. The minimum Gasteiger partial charge on any atom is -0.493 e. The molecule has 0 radical (unpaired) electrons. The fourth-order valence-electron chi connectivity index (χ4n) is 2.27. The van der Waals surface area contributed by atoms with Crippen LogP contribution in [0.2, 0.25) is 0 Å². The normalized spacial score (nSPS) is 10.3. The predicted octanol–water partition coefficient (Wildman–Crippen LogP) is 3.30. The van der Waals surface area contributed by atoms with E-state index >= 15 is 0 Å². The van der Waals surface area contributed by atoms with Crippen molar-refractivity contribution < 1.29 is 24.2 Å². The number of aliphatic hydroxyl groups excluding tert-OH is 1. The average molecular weight is 342 g/mol. The average Bonchev–Trinajstić information content (AvgIpc) is 2.67. The van der Waals surface area contributed by atoms with Crippen molar-refractivity contribution in [2.75, 3.05) is 19.8 Å². The van der Waals surface area contributed by atoms with E-state index in [1.165, 1.54) is 0 Å². The molecule has 0 saturated carbocycles. The lowest BCUT2D eigenvalue weighted by molar-refractivity contribution is 0.0903. The summed E-state index contributed by atoms with van der Waals surface area (Å²) in [7, 11) is 0. The summed E-state index contributed by atoms with van der Waals surface area (Å²) in [5.41, 5.74) is 1.06. The zero-order valence-corrected chi connectivity index (χ0v) is 14.2. The second-order valence-corrected chi connectivity index (χ2v) is 5.43. The molecule has 2 aromatic rings. The number of benzene rings is 2. The van der Waals surface area contributed by atoms with E-state index in [9.17, 15) is 9.59 Å². The van der Waals surface area contributed by atoms with Gasteiger partial charge in [-0.2, -0.15) is 0 Å². The summed E-state index contributed by atoms with van der Waals surface area (Å²) in [6, 6.07) is 13.9. The first-order valence-electron chi connectivity index (χ1n) is 8.27. The Bertz CT molecular complexity index is 706. The van der Waals surface area contributed by atoms with Crippen LogP contribution in [0.5, 0.6) is 11.5 Å². The summed E-state index contributed by atoms with van der Waals surface area (Å²) in [6.07, 6.45) is 1.10. The molecular formula is C20H22O5. The lowest BCUT2D eigenvalue weighted by atomic mass is 10.1. The molecule has 5 heteroatoms. The Kier molecular flexibility index (Phi) is 7.16. The van der Waals surface area contributed by atoms with Gasteiger partial charge in [0.1, 0.15) is 18.1 Å². The summed E-state index contributed by atoms with van der Waals surface area (Å²) < 4.78 is 11.3. The van der Waals surface area contributed by atoms with E-state index in [2.05, 4.69) is 0 Å². The monoisotopic (exact) mass is 342 g/mol. The van der Waals surface area contributed by atoms with Gasteiger partial charge in [0.15, 0.2) is 11.6 Å². The van der Waals surface area contributed by atoms with Crippen LogP contribution in [0, 0.1) is 0 Å². The number of ketones is 2. The van der Waals surface area contributed by atoms with Gasteiger partial charge in [-0.05, 0) is 36.4 Å². The smallest absolute Gasteiger partial charge is 0.188 e. The van der Waals surface area contributed by atoms with Gasteiger partial charge >= 0.3 is 0 Å². The summed E-state index contributed by atoms with van der Waals surface area (Å²) >= 11 is 0. The Balaban J connectivity index is 1.77. The van der Waals surface area contributed by atoms with Crippen LogP contribution in [0.4, 0.5) is 0 Å². The maximum Gasteiger partial charge on any atom is 0.188 e. The third-order valence-corrected chi connectivity index (χ3v) is 3.64. The van der Waals surface area contributed by atoms with Gasteiger partial charge in [-0.15, -0.1) is 0 Å². The lowest BCUT2D eigenvalue weighted by Gasteiger charge is -2.11. The molecular weight excluding hydrogens is 320 g/mol. The molecule has 0 fully saturated rings. The summed E-state index contributed by atoms with van der Waals surface area (Å²) in [5.74, 6) is 0.988. The minimum atomic E-state index is -0.500. The molecule has 0 aliphatic rings. The molecule has 0 aliphatic carbocycles. The van der Waals surface area contributed by atoms with E-state index in [0.29, 0.717) is 48.7 Å². The number of rotatable bonds is 10. The van der Waals surface area contributed by atoms with E-state index in [0.717, 1.165) is 0 Å². The number of carbonyl (C=O) groups is 2. The van der Waals surface area contributed by atoms with E-state index in [1.807, 2.05) is 19.1 Å². The molecule has 132 valence electrons. The van der Waals surface area contributed by atoms with Crippen LogP contribution in [-0.4, -0.2) is 36.5 Å². The van der Waals surface area contributed by atoms with Gasteiger partial charge in [0.2, 0.25) is 0 Å². The van der Waals surface area contributed by atoms with Crippen LogP contribution in [0.1, 0.15) is 40.5 Å². The molecule has 2 rings (SSSR count). The number of para-hydroxylation sites is 1. The zero-order chi connectivity index (χ0) is 18.1. The number of aliphatic hydroxyl groups is 1. The molecule has 1 N–H and O–H groups in total. The SMILES string of the molecule is CCC(=O)c1ccccc1OCCCOc1ccc(C(=O)CO)cc1. The number of ether oxygens (including phenoxy) is 2. The van der Waals surface area contributed by atoms with Crippen LogP contribution in [0.25, 0.3) is 0 Å². The van der Waals surface area contributed by atoms with Gasteiger partial charge in [-0.1, -0.05) is 19.1 Å². The Morgan fingerprint density at radius 3 is 2.28 bits per heavy atom. The molecule has 0 spiro atoms. The van der Waals surface area contributed by atoms with Gasteiger partial charge < -0.3 is 14.6 Å². The summed E-state index contributed by atoms with van der Waals surface area (Å²) in [6.45, 7) is 2.22. The molecule has 0 amide bonds. The van der Waals surface area contributed by atoms with E-state index in [4.69, 9.17) is 14.6 Å². The van der Waals surface area contributed by atoms with Crippen LogP contribution < -0.4 is 9.47 Å². The highest BCUT2D eigenvalue weighted by Gasteiger charge is 2.09. The van der Waals surface area contributed by atoms with Crippen molar-refractivity contribution >= 4 is 11.6 Å². The maximum absolute atomic E-state index is 11.9. The molecule has 0 aliphatic heterocycles. The maximum atomic E-state index is 11.9. The number of hydrogen-bond acceptors (Lipinski definition) is 5. The van der Waals surface area contributed by atoms with E-state index in [1.54, 1.807) is 36.4 Å². The fourth-order valence-corrected chi connectivity index (χ4v) is 2.27. The fraction of sp³-hybridized carbons (Fsp3) is 0.300. The summed E-state index contributed by atoms with van der Waals surface area (Å²) in [5, 5.41) is 8.81. The molecule has 2 aromatic carbocycles. The minimum absolute atomic E-state index is 0.0596. The molecule has 5 nitrogen and oxygen atoms in total. The summed E-state index contributed by atoms with van der Waals surface area (Å²) in [4.78, 5) is 23.2. The number of carbonyl (C=O) groups excluding carboxylic acids is 2. The highest BCUT2D eigenvalue weighted by Crippen LogP contribution is 2.20. The Morgan fingerprint density at radius 1 is 0.920 bits per heavy atom. The standard InChI is InChI=1S/C20H22O5/c1-2-18(22)17-6-3-4-7-20(17)25-13-5-12-24-16-10-8-15(9-11-16)19(23)14-21/h3-4,6-11,21H,2,5,12-14H2,1H3. The van der Waals surface area contributed by atoms with Gasteiger partial charge in [0.25, 0.3) is 0 Å². The second-order valence-electron chi connectivity index (χ2n) is 5.43. The Labute approximate surface area is 147 Å². The van der Waals surface area contributed by atoms with E-state index < -0.39 is 6.61 Å². The Hall–Kier alpha value is -2.66. The molecule has 0 heterocycles. The number of hydrogen-bond donors (Lipinski definition) is 1. The quantitative estimate of drug-likeness (QED) is 0.530. The third kappa shape index (κ3) is 5.43. The molecule has 0 unspecified atom stereocenters. The molecule has 0 atom stereocenters. The van der Waals surface area contributed by atoms with Gasteiger partial charge in [0, 0.05) is 18.4 Å². The first kappa shape index (κ1) is 18.7. The second kappa shape index (κ2) is 9.59. The zero-order valence-electron chi connectivity index (χ0n) is 14.2. The first-order valence-corrected chi connectivity index (χ1v) is 8.27. The van der Waals surface area contributed by atoms with E-state index in [-0.39, 0.29) is 11.6 Å². The van der Waals surface area contributed by atoms with Crippen LogP contribution in [-0.2, 0) is 0 Å². The highest BCUT2D eigenvalue weighted by atomic mass is 16.5. The van der Waals surface area contributed by atoms with Crippen LogP contribution in [0.15, 0.2) is 48.5 Å². The molecule has 0 saturated heterocycles. The molecule has 0 aromatic heterocycles. The van der Waals surface area contributed by atoms with Crippen molar-refractivity contribution in [3.63, 3.8) is 0 Å². The van der Waals surface area contributed by atoms with Gasteiger partial charge in [0.05, 0.1) is 18.8 Å². The third-order valence-electron chi connectivity index (χ3n) is 3.64. The van der Waals surface area contributed by atoms with Crippen molar-refractivity contribution in [3.8, 4) is 11.5 Å².